The van der Waals surface area contributed by atoms with Gasteiger partial charge in [-0.1, -0.05) is 35.9 Å². The first-order valence-corrected chi connectivity index (χ1v) is 9.98. The number of para-hydroxylation sites is 1. The molecule has 0 atom stereocenters. The third-order valence-corrected chi connectivity index (χ3v) is 5.84. The Morgan fingerprint density at radius 3 is 2.29 bits per heavy atom. The third-order valence-electron chi connectivity index (χ3n) is 5.60. The lowest BCUT2D eigenvalue weighted by Crippen LogP contribution is -2.46. The smallest absolute Gasteiger partial charge is 0.276 e. The SMILES string of the molecule is Cc1c(CN2CCN(c3cccc(Cl)c3)CC2)c(=O)n(-c2ccccc2)n1C. The molecule has 2 aromatic carbocycles. The van der Waals surface area contributed by atoms with E-state index in [0.717, 1.165) is 53.8 Å². The number of aromatic nitrogens is 2. The highest BCUT2D eigenvalue weighted by Crippen LogP contribution is 2.21. The number of anilines is 1. The van der Waals surface area contributed by atoms with Crippen LogP contribution in [0, 0.1) is 6.92 Å². The van der Waals surface area contributed by atoms with Crippen molar-refractivity contribution in [1.29, 1.82) is 0 Å². The quantitative estimate of drug-likeness (QED) is 0.677. The zero-order chi connectivity index (χ0) is 19.7. The molecule has 1 fully saturated rings. The summed E-state index contributed by atoms with van der Waals surface area (Å²) in [5, 5.41) is 0.765. The fourth-order valence-corrected chi connectivity index (χ4v) is 4.05. The minimum absolute atomic E-state index is 0.0727. The fourth-order valence-electron chi connectivity index (χ4n) is 3.87. The third kappa shape index (κ3) is 3.60. The molecule has 1 aliphatic rings. The average molecular weight is 397 g/mol. The van der Waals surface area contributed by atoms with Crippen LogP contribution >= 0.6 is 11.6 Å². The van der Waals surface area contributed by atoms with Gasteiger partial charge in [0.25, 0.3) is 5.56 Å². The number of hydrogen-bond acceptors (Lipinski definition) is 3. The molecule has 0 saturated carbocycles. The zero-order valence-electron chi connectivity index (χ0n) is 16.3. The van der Waals surface area contributed by atoms with Crippen LogP contribution in [-0.4, -0.2) is 40.4 Å². The molecule has 4 rings (SSSR count). The molecule has 5 nitrogen and oxygen atoms in total. The topological polar surface area (TPSA) is 33.4 Å². The molecule has 6 heteroatoms. The lowest BCUT2D eigenvalue weighted by Gasteiger charge is -2.36. The van der Waals surface area contributed by atoms with Crippen molar-refractivity contribution in [3.63, 3.8) is 0 Å². The molecule has 0 amide bonds. The first kappa shape index (κ1) is 18.8. The van der Waals surface area contributed by atoms with Crippen molar-refractivity contribution in [3.05, 3.63) is 81.2 Å². The lowest BCUT2D eigenvalue weighted by molar-refractivity contribution is 0.248. The van der Waals surface area contributed by atoms with Crippen LogP contribution in [0.2, 0.25) is 5.02 Å². The summed E-state index contributed by atoms with van der Waals surface area (Å²) in [4.78, 5) is 17.8. The molecule has 28 heavy (non-hydrogen) atoms. The summed E-state index contributed by atoms with van der Waals surface area (Å²) in [7, 11) is 1.95. The van der Waals surface area contributed by atoms with E-state index in [0.29, 0.717) is 6.54 Å². The number of benzene rings is 2. The highest BCUT2D eigenvalue weighted by atomic mass is 35.5. The van der Waals surface area contributed by atoms with Gasteiger partial charge >= 0.3 is 0 Å². The first-order valence-electron chi connectivity index (χ1n) is 9.60. The van der Waals surface area contributed by atoms with Gasteiger partial charge in [-0.05, 0) is 37.3 Å². The van der Waals surface area contributed by atoms with Gasteiger partial charge < -0.3 is 4.90 Å². The summed E-state index contributed by atoms with van der Waals surface area (Å²) in [5.41, 5.74) is 4.03. The Bertz CT molecular complexity index is 1020. The number of rotatable bonds is 4. The van der Waals surface area contributed by atoms with E-state index in [-0.39, 0.29) is 5.56 Å². The van der Waals surface area contributed by atoms with E-state index >= 15 is 0 Å². The van der Waals surface area contributed by atoms with Crippen molar-refractivity contribution >= 4 is 17.3 Å². The van der Waals surface area contributed by atoms with Crippen LogP contribution in [0.4, 0.5) is 5.69 Å². The molecule has 0 N–H and O–H groups in total. The van der Waals surface area contributed by atoms with E-state index < -0.39 is 0 Å². The van der Waals surface area contributed by atoms with Gasteiger partial charge in [0.2, 0.25) is 0 Å². The number of nitrogens with zero attached hydrogens (tertiary/aromatic N) is 4. The molecule has 0 unspecified atom stereocenters. The highest BCUT2D eigenvalue weighted by Gasteiger charge is 2.22. The van der Waals surface area contributed by atoms with Crippen LogP contribution in [0.25, 0.3) is 5.69 Å². The van der Waals surface area contributed by atoms with Gasteiger partial charge in [0, 0.05) is 56.2 Å². The molecule has 146 valence electrons. The molecule has 1 saturated heterocycles. The van der Waals surface area contributed by atoms with Gasteiger partial charge in [0.1, 0.15) is 0 Å². The number of piperazine rings is 1. The minimum atomic E-state index is 0.0727. The van der Waals surface area contributed by atoms with Crippen LogP contribution in [0.5, 0.6) is 0 Å². The summed E-state index contributed by atoms with van der Waals surface area (Å²) in [6, 6.07) is 17.8. The summed E-state index contributed by atoms with van der Waals surface area (Å²) in [6.07, 6.45) is 0. The van der Waals surface area contributed by atoms with E-state index in [2.05, 4.69) is 15.9 Å². The Balaban J connectivity index is 1.50. The molecular weight excluding hydrogens is 372 g/mol. The van der Waals surface area contributed by atoms with Gasteiger partial charge in [-0.15, -0.1) is 0 Å². The van der Waals surface area contributed by atoms with Gasteiger partial charge in [-0.25, -0.2) is 4.68 Å². The van der Waals surface area contributed by atoms with Crippen LogP contribution in [0.1, 0.15) is 11.3 Å². The molecule has 0 aliphatic carbocycles. The van der Waals surface area contributed by atoms with Crippen molar-refractivity contribution in [2.24, 2.45) is 7.05 Å². The molecular formula is C22H25ClN4O. The normalized spacial score (nSPS) is 15.2. The van der Waals surface area contributed by atoms with Gasteiger partial charge in [0.05, 0.1) is 11.3 Å². The van der Waals surface area contributed by atoms with Crippen molar-refractivity contribution < 1.29 is 0 Å². The largest absolute Gasteiger partial charge is 0.369 e. The van der Waals surface area contributed by atoms with Gasteiger partial charge in [0.15, 0.2) is 0 Å². The van der Waals surface area contributed by atoms with Crippen molar-refractivity contribution in [3.8, 4) is 5.69 Å². The monoisotopic (exact) mass is 396 g/mol. The molecule has 0 spiro atoms. The minimum Gasteiger partial charge on any atom is -0.369 e. The van der Waals surface area contributed by atoms with Crippen LogP contribution < -0.4 is 10.5 Å². The number of hydrogen-bond donors (Lipinski definition) is 0. The lowest BCUT2D eigenvalue weighted by atomic mass is 10.2. The van der Waals surface area contributed by atoms with E-state index in [1.807, 2.05) is 67.2 Å². The Morgan fingerprint density at radius 2 is 1.61 bits per heavy atom. The molecule has 2 heterocycles. The fraction of sp³-hybridized carbons (Fsp3) is 0.318. The van der Waals surface area contributed by atoms with Crippen molar-refractivity contribution in [2.75, 3.05) is 31.1 Å². The predicted octanol–water partition coefficient (Wildman–Crippen LogP) is 3.46. The second-order valence-corrected chi connectivity index (χ2v) is 7.72. The summed E-state index contributed by atoms with van der Waals surface area (Å²) in [5.74, 6) is 0. The van der Waals surface area contributed by atoms with E-state index in [4.69, 9.17) is 11.6 Å². The maximum atomic E-state index is 13.1. The van der Waals surface area contributed by atoms with Crippen LogP contribution in [0.3, 0.4) is 0 Å². The Labute approximate surface area is 170 Å². The first-order chi connectivity index (χ1) is 13.5. The molecule has 1 aliphatic heterocycles. The summed E-state index contributed by atoms with van der Waals surface area (Å²) < 4.78 is 3.71. The van der Waals surface area contributed by atoms with Gasteiger partial charge in [-0.2, -0.15) is 0 Å². The predicted molar refractivity (Wildman–Crippen MR) is 115 cm³/mol. The Kier molecular flexibility index (Phi) is 5.29. The summed E-state index contributed by atoms with van der Waals surface area (Å²) in [6.45, 7) is 6.41. The second-order valence-electron chi connectivity index (χ2n) is 7.28. The van der Waals surface area contributed by atoms with Gasteiger partial charge in [-0.3, -0.25) is 14.4 Å². The van der Waals surface area contributed by atoms with Crippen molar-refractivity contribution in [2.45, 2.75) is 13.5 Å². The van der Waals surface area contributed by atoms with Crippen LogP contribution in [0.15, 0.2) is 59.4 Å². The molecule has 0 radical (unpaired) electrons. The Morgan fingerprint density at radius 1 is 0.929 bits per heavy atom. The number of halogens is 1. The second kappa shape index (κ2) is 7.86. The van der Waals surface area contributed by atoms with E-state index in [1.54, 1.807) is 4.68 Å². The zero-order valence-corrected chi connectivity index (χ0v) is 17.1. The molecule has 0 bridgehead atoms. The van der Waals surface area contributed by atoms with Crippen LogP contribution in [-0.2, 0) is 13.6 Å². The van der Waals surface area contributed by atoms with E-state index in [1.165, 1.54) is 0 Å². The highest BCUT2D eigenvalue weighted by molar-refractivity contribution is 6.30. The Hall–Kier alpha value is -2.50. The van der Waals surface area contributed by atoms with E-state index in [9.17, 15) is 4.79 Å². The maximum absolute atomic E-state index is 13.1. The maximum Gasteiger partial charge on any atom is 0.276 e. The standard InChI is InChI=1S/C22H25ClN4O/c1-17-21(22(28)27(24(17)2)19-8-4-3-5-9-19)16-25-11-13-26(14-12-25)20-10-6-7-18(23)15-20/h3-10,15H,11-14,16H2,1-2H3. The van der Waals surface area contributed by atoms with Crippen molar-refractivity contribution in [1.82, 2.24) is 14.3 Å². The molecule has 1 aromatic heterocycles. The molecule has 3 aromatic rings. The summed E-state index contributed by atoms with van der Waals surface area (Å²) >= 11 is 6.13. The average Bonchev–Trinajstić information content (AvgIpc) is 2.92.